The molecule has 0 aliphatic heterocycles. The summed E-state index contributed by atoms with van der Waals surface area (Å²) >= 11 is 1.49. The maximum absolute atomic E-state index is 13.0. The first-order valence-corrected chi connectivity index (χ1v) is 7.32. The van der Waals surface area contributed by atoms with Gasteiger partial charge >= 0.3 is 0 Å². The van der Waals surface area contributed by atoms with Gasteiger partial charge in [0.05, 0.1) is 5.75 Å². The van der Waals surface area contributed by atoms with Gasteiger partial charge < -0.3 is 5.32 Å². The van der Waals surface area contributed by atoms with E-state index in [-0.39, 0.29) is 11.7 Å². The maximum Gasteiger partial charge on any atom is 0.230 e. The molecule has 0 heterocycles. The Bertz CT molecular complexity index is 583. The number of rotatable bonds is 5. The van der Waals surface area contributed by atoms with Crippen LogP contribution in [0.15, 0.2) is 53.4 Å². The van der Waals surface area contributed by atoms with Gasteiger partial charge in [0.15, 0.2) is 0 Å². The van der Waals surface area contributed by atoms with Crippen LogP contribution in [0.3, 0.4) is 0 Å². The average Bonchev–Trinajstić information content (AvgIpc) is 2.45. The van der Waals surface area contributed by atoms with Crippen molar-refractivity contribution in [1.82, 2.24) is 5.32 Å². The van der Waals surface area contributed by atoms with Crippen molar-refractivity contribution in [3.8, 4) is 0 Å². The minimum atomic E-state index is -0.286. The number of hydrogen-bond acceptors (Lipinski definition) is 2. The van der Waals surface area contributed by atoms with E-state index in [1.165, 1.54) is 29.5 Å². The molecule has 0 bridgehead atoms. The molecule has 20 heavy (non-hydrogen) atoms. The molecule has 0 fully saturated rings. The molecule has 0 atom stereocenters. The monoisotopic (exact) mass is 289 g/mol. The average molecular weight is 289 g/mol. The molecule has 4 heteroatoms. The Labute approximate surface area is 122 Å². The maximum atomic E-state index is 13.0. The minimum Gasteiger partial charge on any atom is -0.351 e. The SMILES string of the molecule is Cc1ccc(SCC(=O)NCc2cccc(F)c2)cc1. The Morgan fingerprint density at radius 3 is 2.65 bits per heavy atom. The van der Waals surface area contributed by atoms with Crippen molar-refractivity contribution in [3.63, 3.8) is 0 Å². The van der Waals surface area contributed by atoms with E-state index >= 15 is 0 Å². The molecular weight excluding hydrogens is 273 g/mol. The van der Waals surface area contributed by atoms with Gasteiger partial charge in [-0.05, 0) is 36.8 Å². The summed E-state index contributed by atoms with van der Waals surface area (Å²) in [5.74, 6) is 0.0175. The summed E-state index contributed by atoms with van der Waals surface area (Å²) in [4.78, 5) is 12.8. The van der Waals surface area contributed by atoms with Crippen molar-refractivity contribution in [2.45, 2.75) is 18.4 Å². The Kier molecular flexibility index (Phi) is 5.18. The fourth-order valence-electron chi connectivity index (χ4n) is 1.68. The Balaban J connectivity index is 1.77. The molecule has 2 aromatic carbocycles. The summed E-state index contributed by atoms with van der Waals surface area (Å²) < 4.78 is 13.0. The van der Waals surface area contributed by atoms with Crippen molar-refractivity contribution in [2.24, 2.45) is 0 Å². The van der Waals surface area contributed by atoms with Crippen molar-refractivity contribution >= 4 is 17.7 Å². The zero-order chi connectivity index (χ0) is 14.4. The topological polar surface area (TPSA) is 29.1 Å². The highest BCUT2D eigenvalue weighted by atomic mass is 32.2. The Hall–Kier alpha value is -1.81. The quantitative estimate of drug-likeness (QED) is 0.853. The molecule has 0 spiro atoms. The van der Waals surface area contributed by atoms with Gasteiger partial charge in [0.1, 0.15) is 5.82 Å². The summed E-state index contributed by atoms with van der Waals surface area (Å²) in [7, 11) is 0. The van der Waals surface area contributed by atoms with Gasteiger partial charge in [-0.3, -0.25) is 4.79 Å². The first kappa shape index (κ1) is 14.6. The molecule has 0 aromatic heterocycles. The second-order valence-corrected chi connectivity index (χ2v) is 5.56. The van der Waals surface area contributed by atoms with Crippen LogP contribution in [0.25, 0.3) is 0 Å². The molecule has 2 aromatic rings. The number of carbonyl (C=O) groups excluding carboxylic acids is 1. The van der Waals surface area contributed by atoms with Gasteiger partial charge in [-0.2, -0.15) is 0 Å². The normalized spacial score (nSPS) is 10.3. The van der Waals surface area contributed by atoms with Crippen molar-refractivity contribution in [2.75, 3.05) is 5.75 Å². The van der Waals surface area contributed by atoms with Crippen LogP contribution in [-0.4, -0.2) is 11.7 Å². The number of amides is 1. The molecule has 2 nitrogen and oxygen atoms in total. The lowest BCUT2D eigenvalue weighted by Gasteiger charge is -2.06. The highest BCUT2D eigenvalue weighted by Crippen LogP contribution is 2.17. The fourth-order valence-corrected chi connectivity index (χ4v) is 2.41. The zero-order valence-electron chi connectivity index (χ0n) is 11.2. The van der Waals surface area contributed by atoms with E-state index in [1.54, 1.807) is 12.1 Å². The number of aryl methyl sites for hydroxylation is 1. The number of benzene rings is 2. The molecule has 1 N–H and O–H groups in total. The molecule has 2 rings (SSSR count). The molecule has 0 aliphatic carbocycles. The van der Waals surface area contributed by atoms with Crippen LogP contribution in [-0.2, 0) is 11.3 Å². The van der Waals surface area contributed by atoms with Crippen LogP contribution in [0.2, 0.25) is 0 Å². The third kappa shape index (κ3) is 4.70. The summed E-state index contributed by atoms with van der Waals surface area (Å²) in [5, 5.41) is 2.78. The standard InChI is InChI=1S/C16H16FNOS/c1-12-5-7-15(8-6-12)20-11-16(19)18-10-13-3-2-4-14(17)9-13/h2-9H,10-11H2,1H3,(H,18,19). The van der Waals surface area contributed by atoms with Gasteiger partial charge in [0.25, 0.3) is 0 Å². The van der Waals surface area contributed by atoms with Crippen LogP contribution in [0.5, 0.6) is 0 Å². The van der Waals surface area contributed by atoms with E-state index in [2.05, 4.69) is 5.32 Å². The van der Waals surface area contributed by atoms with E-state index in [0.29, 0.717) is 12.3 Å². The largest absolute Gasteiger partial charge is 0.351 e. The smallest absolute Gasteiger partial charge is 0.230 e. The summed E-state index contributed by atoms with van der Waals surface area (Å²) in [6.07, 6.45) is 0. The number of halogens is 1. The first-order chi connectivity index (χ1) is 9.63. The summed E-state index contributed by atoms with van der Waals surface area (Å²) in [6.45, 7) is 2.38. The molecule has 0 saturated carbocycles. The third-order valence-corrected chi connectivity index (χ3v) is 3.78. The second kappa shape index (κ2) is 7.10. The van der Waals surface area contributed by atoms with Gasteiger partial charge in [0.2, 0.25) is 5.91 Å². The van der Waals surface area contributed by atoms with Crippen LogP contribution < -0.4 is 5.32 Å². The van der Waals surface area contributed by atoms with Crippen LogP contribution in [0.1, 0.15) is 11.1 Å². The summed E-state index contributed by atoms with van der Waals surface area (Å²) in [6, 6.07) is 14.3. The van der Waals surface area contributed by atoms with Crippen molar-refractivity contribution in [3.05, 3.63) is 65.5 Å². The zero-order valence-corrected chi connectivity index (χ0v) is 12.0. The van der Waals surface area contributed by atoms with Crippen LogP contribution in [0.4, 0.5) is 4.39 Å². The highest BCUT2D eigenvalue weighted by Gasteiger charge is 2.03. The molecule has 104 valence electrons. The second-order valence-electron chi connectivity index (χ2n) is 4.51. The fraction of sp³-hybridized carbons (Fsp3) is 0.188. The van der Waals surface area contributed by atoms with Gasteiger partial charge in [0, 0.05) is 11.4 Å². The van der Waals surface area contributed by atoms with Crippen molar-refractivity contribution < 1.29 is 9.18 Å². The predicted octanol–water partition coefficient (Wildman–Crippen LogP) is 3.54. The summed E-state index contributed by atoms with van der Waals surface area (Å²) in [5.41, 5.74) is 1.96. The lowest BCUT2D eigenvalue weighted by molar-refractivity contribution is -0.118. The lowest BCUT2D eigenvalue weighted by Crippen LogP contribution is -2.24. The van der Waals surface area contributed by atoms with E-state index in [9.17, 15) is 9.18 Å². The van der Waals surface area contributed by atoms with Crippen LogP contribution >= 0.6 is 11.8 Å². The number of nitrogens with one attached hydrogen (secondary N) is 1. The number of carbonyl (C=O) groups is 1. The van der Waals surface area contributed by atoms with E-state index in [4.69, 9.17) is 0 Å². The molecule has 0 radical (unpaired) electrons. The van der Waals surface area contributed by atoms with E-state index in [0.717, 1.165) is 10.5 Å². The van der Waals surface area contributed by atoms with Gasteiger partial charge in [-0.15, -0.1) is 11.8 Å². The Morgan fingerprint density at radius 1 is 1.20 bits per heavy atom. The Morgan fingerprint density at radius 2 is 1.95 bits per heavy atom. The highest BCUT2D eigenvalue weighted by molar-refractivity contribution is 8.00. The van der Waals surface area contributed by atoms with Gasteiger partial charge in [-0.1, -0.05) is 29.8 Å². The lowest BCUT2D eigenvalue weighted by atomic mass is 10.2. The van der Waals surface area contributed by atoms with Crippen molar-refractivity contribution in [1.29, 1.82) is 0 Å². The number of hydrogen-bond donors (Lipinski definition) is 1. The van der Waals surface area contributed by atoms with E-state index in [1.807, 2.05) is 31.2 Å². The molecule has 0 unspecified atom stereocenters. The first-order valence-electron chi connectivity index (χ1n) is 6.34. The minimum absolute atomic E-state index is 0.0557. The molecule has 0 aliphatic rings. The predicted molar refractivity (Wildman–Crippen MR) is 80.1 cm³/mol. The molecule has 0 saturated heterocycles. The van der Waals surface area contributed by atoms with Crippen LogP contribution in [0, 0.1) is 12.7 Å². The molecule has 1 amide bonds. The van der Waals surface area contributed by atoms with Gasteiger partial charge in [-0.25, -0.2) is 4.39 Å². The number of thioether (sulfide) groups is 1. The third-order valence-electron chi connectivity index (χ3n) is 2.77. The molecular formula is C16H16FNOS. The van der Waals surface area contributed by atoms with E-state index < -0.39 is 0 Å².